The number of hydrogen-bond donors (Lipinski definition) is 2. The molecule has 1 aromatic carbocycles. The number of halogens is 5. The highest BCUT2D eigenvalue weighted by Crippen LogP contribution is 2.43. The van der Waals surface area contributed by atoms with Crippen LogP contribution in [0.25, 0.3) is 10.9 Å². The van der Waals surface area contributed by atoms with E-state index in [2.05, 4.69) is 0 Å². The van der Waals surface area contributed by atoms with Gasteiger partial charge in [0.2, 0.25) is 5.43 Å². The number of benzene rings is 1. The first-order valence-electron chi connectivity index (χ1n) is 9.27. The second-order valence-corrected chi connectivity index (χ2v) is 7.73. The molecule has 1 aliphatic heterocycles. The minimum Gasteiger partial charge on any atom is -0.477 e. The minimum absolute atomic E-state index is 0.286. The first-order chi connectivity index (χ1) is 14.0. The predicted molar refractivity (Wildman–Crippen MR) is 95.7 cm³/mol. The maximum Gasteiger partial charge on any atom is 0.393 e. The number of carboxylic acid groups (broad SMARTS) is 1. The van der Waals surface area contributed by atoms with Gasteiger partial charge in [-0.3, -0.25) is 4.79 Å². The number of carbonyl (C=O) groups is 1. The van der Waals surface area contributed by atoms with E-state index in [9.17, 15) is 37.4 Å². The maximum atomic E-state index is 15.5. The molecule has 1 saturated carbocycles. The number of anilines is 1. The molecule has 2 heterocycles. The van der Waals surface area contributed by atoms with Gasteiger partial charge in [-0.1, -0.05) is 0 Å². The molecule has 0 spiro atoms. The lowest BCUT2D eigenvalue weighted by atomic mass is 9.97. The summed E-state index contributed by atoms with van der Waals surface area (Å²) in [6.07, 6.45) is -2.47. The van der Waals surface area contributed by atoms with Gasteiger partial charge in [0.15, 0.2) is 5.82 Å². The molecule has 11 heteroatoms. The number of alkyl halides is 3. The number of carboxylic acids is 1. The van der Waals surface area contributed by atoms with E-state index in [0.29, 0.717) is 18.9 Å². The number of aromatic carboxylic acids is 1. The zero-order chi connectivity index (χ0) is 22.0. The summed E-state index contributed by atoms with van der Waals surface area (Å²) >= 11 is 0. The molecule has 2 aliphatic rings. The van der Waals surface area contributed by atoms with E-state index in [1.165, 1.54) is 4.57 Å². The normalized spacial score (nSPS) is 22.1. The molecule has 0 bridgehead atoms. The first kappa shape index (κ1) is 20.6. The van der Waals surface area contributed by atoms with Crippen LogP contribution in [-0.4, -0.2) is 46.6 Å². The number of hydrogen-bond acceptors (Lipinski definition) is 4. The van der Waals surface area contributed by atoms with Crippen molar-refractivity contribution in [2.24, 2.45) is 11.8 Å². The Morgan fingerprint density at radius 3 is 2.37 bits per heavy atom. The van der Waals surface area contributed by atoms with Gasteiger partial charge in [0.25, 0.3) is 0 Å². The lowest BCUT2D eigenvalue weighted by Crippen LogP contribution is -2.31. The monoisotopic (exact) mass is 432 g/mol. The van der Waals surface area contributed by atoms with E-state index in [1.807, 2.05) is 0 Å². The number of nitrogens with zero attached hydrogens (tertiary/aromatic N) is 2. The first-order valence-corrected chi connectivity index (χ1v) is 9.27. The van der Waals surface area contributed by atoms with Gasteiger partial charge in [-0.2, -0.15) is 13.2 Å². The Hall–Kier alpha value is -2.69. The average Bonchev–Trinajstić information content (AvgIpc) is 3.40. The molecular formula is C19H17F5N2O4. The van der Waals surface area contributed by atoms with E-state index >= 15 is 4.39 Å². The van der Waals surface area contributed by atoms with E-state index in [1.54, 1.807) is 0 Å². The maximum absolute atomic E-state index is 15.5. The van der Waals surface area contributed by atoms with Gasteiger partial charge >= 0.3 is 12.1 Å². The second-order valence-electron chi connectivity index (χ2n) is 7.73. The van der Waals surface area contributed by atoms with Crippen molar-refractivity contribution in [2.45, 2.75) is 25.1 Å². The van der Waals surface area contributed by atoms with Crippen molar-refractivity contribution in [1.82, 2.24) is 4.57 Å². The average molecular weight is 432 g/mol. The van der Waals surface area contributed by atoms with Crippen LogP contribution >= 0.6 is 0 Å². The van der Waals surface area contributed by atoms with Crippen LogP contribution < -0.4 is 10.3 Å². The molecule has 6 nitrogen and oxygen atoms in total. The third-order valence-electron chi connectivity index (χ3n) is 5.77. The quantitative estimate of drug-likeness (QED) is 0.727. The number of pyridine rings is 1. The Bertz CT molecular complexity index is 1090. The predicted octanol–water partition coefficient (Wildman–Crippen LogP) is 2.92. The van der Waals surface area contributed by atoms with Crippen LogP contribution in [0.3, 0.4) is 0 Å². The Morgan fingerprint density at radius 1 is 1.20 bits per heavy atom. The fourth-order valence-corrected chi connectivity index (χ4v) is 4.12. The molecule has 0 unspecified atom stereocenters. The van der Waals surface area contributed by atoms with Crippen molar-refractivity contribution in [2.75, 3.05) is 24.6 Å². The SMILES string of the molecule is O=C(O)c1cn(C2CC2)c2c(F)c(N3C[C@@H](CO)[C@H](C(F)(F)F)C3)c(F)cc2c1=O. The van der Waals surface area contributed by atoms with E-state index < -0.39 is 77.4 Å². The van der Waals surface area contributed by atoms with Crippen LogP contribution in [0, 0.1) is 23.5 Å². The summed E-state index contributed by atoms with van der Waals surface area (Å²) in [6.45, 7) is -1.96. The Kier molecular flexibility index (Phi) is 4.75. The molecule has 1 saturated heterocycles. The van der Waals surface area contributed by atoms with Crippen LogP contribution in [0.2, 0.25) is 0 Å². The van der Waals surface area contributed by atoms with Gasteiger partial charge in [-0.25, -0.2) is 13.6 Å². The van der Waals surface area contributed by atoms with Crippen LogP contribution in [-0.2, 0) is 0 Å². The number of aliphatic hydroxyl groups is 1. The molecule has 2 atom stereocenters. The molecule has 2 N–H and O–H groups in total. The molecule has 4 rings (SSSR count). The summed E-state index contributed by atoms with van der Waals surface area (Å²) in [5.41, 5.74) is -2.76. The smallest absolute Gasteiger partial charge is 0.393 e. The number of rotatable bonds is 4. The highest BCUT2D eigenvalue weighted by molar-refractivity contribution is 5.94. The van der Waals surface area contributed by atoms with Crippen molar-refractivity contribution in [3.8, 4) is 0 Å². The van der Waals surface area contributed by atoms with E-state index in [0.717, 1.165) is 11.1 Å². The number of fused-ring (bicyclic) bond motifs is 1. The summed E-state index contributed by atoms with van der Waals surface area (Å²) in [5, 5.41) is 18.1. The highest BCUT2D eigenvalue weighted by Gasteiger charge is 2.50. The van der Waals surface area contributed by atoms with Crippen molar-refractivity contribution in [3.63, 3.8) is 0 Å². The van der Waals surface area contributed by atoms with Gasteiger partial charge < -0.3 is 19.7 Å². The van der Waals surface area contributed by atoms with E-state index in [-0.39, 0.29) is 11.6 Å². The topological polar surface area (TPSA) is 82.8 Å². The second kappa shape index (κ2) is 6.93. The van der Waals surface area contributed by atoms with Gasteiger partial charge in [0.1, 0.15) is 17.1 Å². The highest BCUT2D eigenvalue weighted by atomic mass is 19.4. The van der Waals surface area contributed by atoms with Crippen molar-refractivity contribution in [1.29, 1.82) is 0 Å². The molecule has 30 heavy (non-hydrogen) atoms. The Labute approximate surface area is 166 Å². The van der Waals surface area contributed by atoms with Gasteiger partial charge in [-0.15, -0.1) is 0 Å². The van der Waals surface area contributed by atoms with Gasteiger partial charge in [0.05, 0.1) is 16.8 Å². The molecular weight excluding hydrogens is 415 g/mol. The lowest BCUT2D eigenvalue weighted by Gasteiger charge is -2.23. The van der Waals surface area contributed by atoms with Crippen LogP contribution in [0.15, 0.2) is 17.1 Å². The number of aliphatic hydroxyl groups excluding tert-OH is 1. The largest absolute Gasteiger partial charge is 0.477 e. The summed E-state index contributed by atoms with van der Waals surface area (Å²) < 4.78 is 71.3. The summed E-state index contributed by atoms with van der Waals surface area (Å²) in [5.74, 6) is -7.23. The fraction of sp³-hybridized carbons (Fsp3) is 0.474. The fourth-order valence-electron chi connectivity index (χ4n) is 4.12. The van der Waals surface area contributed by atoms with Crippen molar-refractivity contribution >= 4 is 22.6 Å². The molecule has 0 amide bonds. The van der Waals surface area contributed by atoms with E-state index in [4.69, 9.17) is 0 Å². The third-order valence-corrected chi connectivity index (χ3v) is 5.77. The lowest BCUT2D eigenvalue weighted by molar-refractivity contribution is -0.181. The third kappa shape index (κ3) is 3.21. The summed E-state index contributed by atoms with van der Waals surface area (Å²) in [6, 6.07) is 0.390. The molecule has 0 radical (unpaired) electrons. The molecule has 162 valence electrons. The van der Waals surface area contributed by atoms with Crippen LogP contribution in [0.1, 0.15) is 29.2 Å². The molecule has 2 aromatic rings. The van der Waals surface area contributed by atoms with Crippen molar-refractivity contribution in [3.05, 3.63) is 39.7 Å². The molecule has 1 aromatic heterocycles. The minimum atomic E-state index is -4.65. The van der Waals surface area contributed by atoms with Gasteiger partial charge in [0, 0.05) is 37.9 Å². The van der Waals surface area contributed by atoms with Crippen LogP contribution in [0.5, 0.6) is 0 Å². The van der Waals surface area contributed by atoms with Gasteiger partial charge in [-0.05, 0) is 18.9 Å². The summed E-state index contributed by atoms with van der Waals surface area (Å²) in [7, 11) is 0. The zero-order valence-electron chi connectivity index (χ0n) is 15.4. The summed E-state index contributed by atoms with van der Waals surface area (Å²) in [4.78, 5) is 24.7. The number of aromatic nitrogens is 1. The Morgan fingerprint density at radius 2 is 1.87 bits per heavy atom. The molecule has 1 aliphatic carbocycles. The standard InChI is InChI=1S/C19H17F5N2O4/c20-13-3-10-15(26(9-1-2-9)5-11(17(10)28)18(29)30)14(21)16(13)25-4-8(7-27)12(6-25)19(22,23)24/h3,5,8-9,12,27H,1-2,4,6-7H2,(H,29,30)/t8-,12+/m0/s1. The molecule has 2 fully saturated rings. The van der Waals surface area contributed by atoms with Crippen LogP contribution in [0.4, 0.5) is 27.6 Å². The zero-order valence-corrected chi connectivity index (χ0v) is 15.4. The van der Waals surface area contributed by atoms with Crippen molar-refractivity contribution < 1.29 is 37.0 Å². The Balaban J connectivity index is 1.91.